The molecule has 1 fully saturated rings. The standard InChI is InChI=1S/C25H26N4O/c30-24-15-21(22-8-4-5-9-23(22)27-24)17-29-12-10-19(11-13-29)25-20(16-26-28-25)14-18-6-2-1-3-7-18/h1-9,15-16,19H,10-14,17H2,(H,26,28)(H,27,30). The molecule has 3 heterocycles. The number of fused-ring (bicyclic) bond motifs is 1. The van der Waals surface area contributed by atoms with Gasteiger partial charge in [-0.15, -0.1) is 0 Å². The first-order valence-corrected chi connectivity index (χ1v) is 10.7. The summed E-state index contributed by atoms with van der Waals surface area (Å²) in [6.07, 6.45) is 5.11. The van der Waals surface area contributed by atoms with Crippen molar-refractivity contribution in [2.24, 2.45) is 0 Å². The number of aromatic nitrogens is 3. The summed E-state index contributed by atoms with van der Waals surface area (Å²) in [4.78, 5) is 17.5. The van der Waals surface area contributed by atoms with Crippen LogP contribution in [0.1, 0.15) is 41.1 Å². The molecule has 0 saturated carbocycles. The van der Waals surface area contributed by atoms with E-state index < -0.39 is 0 Å². The molecule has 0 radical (unpaired) electrons. The van der Waals surface area contributed by atoms with Gasteiger partial charge in [0.05, 0.1) is 6.20 Å². The van der Waals surface area contributed by atoms with Gasteiger partial charge in [0.25, 0.3) is 0 Å². The first kappa shape index (κ1) is 18.8. The molecule has 5 nitrogen and oxygen atoms in total. The zero-order valence-electron chi connectivity index (χ0n) is 17.0. The number of pyridine rings is 1. The van der Waals surface area contributed by atoms with Gasteiger partial charge >= 0.3 is 0 Å². The first-order chi connectivity index (χ1) is 14.8. The quantitative estimate of drug-likeness (QED) is 0.529. The van der Waals surface area contributed by atoms with Crippen LogP contribution in [0.15, 0.2) is 71.7 Å². The van der Waals surface area contributed by atoms with Gasteiger partial charge in [0.15, 0.2) is 0 Å². The van der Waals surface area contributed by atoms with Crippen LogP contribution in [-0.2, 0) is 13.0 Å². The van der Waals surface area contributed by atoms with E-state index in [4.69, 9.17) is 0 Å². The number of benzene rings is 2. The molecular formula is C25H26N4O. The van der Waals surface area contributed by atoms with Crippen LogP contribution in [0.3, 0.4) is 0 Å². The van der Waals surface area contributed by atoms with Crippen molar-refractivity contribution in [1.29, 1.82) is 0 Å². The molecule has 0 atom stereocenters. The summed E-state index contributed by atoms with van der Waals surface area (Å²) < 4.78 is 0. The Balaban J connectivity index is 1.27. The van der Waals surface area contributed by atoms with E-state index in [1.807, 2.05) is 24.4 Å². The summed E-state index contributed by atoms with van der Waals surface area (Å²) in [5.41, 5.74) is 5.91. The van der Waals surface area contributed by atoms with E-state index in [0.29, 0.717) is 5.92 Å². The molecule has 30 heavy (non-hydrogen) atoms. The lowest BCUT2D eigenvalue weighted by Gasteiger charge is -2.32. The molecular weight excluding hydrogens is 372 g/mol. The van der Waals surface area contributed by atoms with E-state index >= 15 is 0 Å². The van der Waals surface area contributed by atoms with Crippen molar-refractivity contribution < 1.29 is 0 Å². The second-order valence-electron chi connectivity index (χ2n) is 8.23. The van der Waals surface area contributed by atoms with Crippen LogP contribution >= 0.6 is 0 Å². The monoisotopic (exact) mass is 398 g/mol. The molecule has 2 aromatic carbocycles. The third-order valence-electron chi connectivity index (χ3n) is 6.21. The molecule has 0 amide bonds. The summed E-state index contributed by atoms with van der Waals surface area (Å²) in [5, 5.41) is 8.76. The minimum Gasteiger partial charge on any atom is -0.322 e. The summed E-state index contributed by atoms with van der Waals surface area (Å²) in [6.45, 7) is 2.86. The van der Waals surface area contributed by atoms with Crippen molar-refractivity contribution in [2.45, 2.75) is 31.7 Å². The van der Waals surface area contributed by atoms with Gasteiger partial charge in [-0.05, 0) is 48.7 Å². The lowest BCUT2D eigenvalue weighted by atomic mass is 9.89. The van der Waals surface area contributed by atoms with Gasteiger partial charge in [0.2, 0.25) is 5.56 Å². The average molecular weight is 399 g/mol. The highest BCUT2D eigenvalue weighted by Gasteiger charge is 2.24. The molecule has 0 spiro atoms. The van der Waals surface area contributed by atoms with Crippen molar-refractivity contribution in [2.75, 3.05) is 13.1 Å². The number of hydrogen-bond donors (Lipinski definition) is 2. The minimum absolute atomic E-state index is 0.0263. The van der Waals surface area contributed by atoms with Gasteiger partial charge in [-0.3, -0.25) is 14.8 Å². The fourth-order valence-corrected chi connectivity index (χ4v) is 4.66. The van der Waals surface area contributed by atoms with Crippen molar-refractivity contribution in [3.8, 4) is 0 Å². The van der Waals surface area contributed by atoms with E-state index in [-0.39, 0.29) is 5.56 Å². The highest BCUT2D eigenvalue weighted by Crippen LogP contribution is 2.31. The van der Waals surface area contributed by atoms with Gasteiger partial charge in [-0.2, -0.15) is 5.10 Å². The van der Waals surface area contributed by atoms with Crippen molar-refractivity contribution in [3.05, 3.63) is 99.6 Å². The fourth-order valence-electron chi connectivity index (χ4n) is 4.66. The Morgan fingerprint density at radius 3 is 2.57 bits per heavy atom. The fraction of sp³-hybridized carbons (Fsp3) is 0.280. The molecule has 152 valence electrons. The van der Waals surface area contributed by atoms with Crippen molar-refractivity contribution >= 4 is 10.9 Å². The Hall–Kier alpha value is -3.18. The number of piperidine rings is 1. The van der Waals surface area contributed by atoms with Crippen LogP contribution in [0.5, 0.6) is 0 Å². The maximum absolute atomic E-state index is 12.1. The third kappa shape index (κ3) is 3.94. The maximum Gasteiger partial charge on any atom is 0.248 e. The van der Waals surface area contributed by atoms with E-state index in [2.05, 4.69) is 56.5 Å². The molecule has 0 aliphatic carbocycles. The minimum atomic E-state index is -0.0263. The van der Waals surface area contributed by atoms with Gasteiger partial charge in [-0.25, -0.2) is 0 Å². The zero-order valence-corrected chi connectivity index (χ0v) is 17.0. The summed E-state index contributed by atoms with van der Waals surface area (Å²) in [5.74, 6) is 0.512. The Labute approximate surface area is 175 Å². The number of rotatable bonds is 5. The molecule has 5 heteroatoms. The van der Waals surface area contributed by atoms with E-state index in [9.17, 15) is 4.79 Å². The van der Waals surface area contributed by atoms with Gasteiger partial charge in [0.1, 0.15) is 0 Å². The highest BCUT2D eigenvalue weighted by molar-refractivity contribution is 5.81. The second kappa shape index (κ2) is 8.28. The lowest BCUT2D eigenvalue weighted by Crippen LogP contribution is -2.33. The Bertz CT molecular complexity index is 1190. The predicted molar refractivity (Wildman–Crippen MR) is 120 cm³/mol. The maximum atomic E-state index is 12.1. The Kier molecular flexibility index (Phi) is 5.20. The van der Waals surface area contributed by atoms with Crippen LogP contribution in [-0.4, -0.2) is 33.2 Å². The molecule has 0 unspecified atom stereocenters. The number of likely N-dealkylation sites (tertiary alicyclic amines) is 1. The molecule has 1 saturated heterocycles. The molecule has 2 aromatic heterocycles. The number of hydrogen-bond acceptors (Lipinski definition) is 3. The first-order valence-electron chi connectivity index (χ1n) is 10.7. The van der Waals surface area contributed by atoms with Crippen molar-refractivity contribution in [1.82, 2.24) is 20.1 Å². The number of nitrogens with zero attached hydrogens (tertiary/aromatic N) is 2. The SMILES string of the molecule is O=c1cc(CN2CCC(c3[nH]ncc3Cc3ccccc3)CC2)c2ccccc2[nH]1. The van der Waals surface area contributed by atoms with Gasteiger partial charge < -0.3 is 4.98 Å². The second-order valence-corrected chi connectivity index (χ2v) is 8.23. The van der Waals surface area contributed by atoms with Crippen molar-refractivity contribution in [3.63, 3.8) is 0 Å². The van der Waals surface area contributed by atoms with Crippen LogP contribution < -0.4 is 5.56 Å². The third-order valence-corrected chi connectivity index (χ3v) is 6.21. The average Bonchev–Trinajstić information content (AvgIpc) is 3.23. The van der Waals surface area contributed by atoms with E-state index in [1.165, 1.54) is 16.8 Å². The molecule has 0 bridgehead atoms. The Morgan fingerprint density at radius 2 is 1.73 bits per heavy atom. The van der Waals surface area contributed by atoms with Crippen LogP contribution in [0.25, 0.3) is 10.9 Å². The number of aromatic amines is 2. The largest absolute Gasteiger partial charge is 0.322 e. The normalized spacial score (nSPS) is 15.6. The molecule has 5 rings (SSSR count). The van der Waals surface area contributed by atoms with Crippen LogP contribution in [0.2, 0.25) is 0 Å². The molecule has 2 N–H and O–H groups in total. The number of para-hydroxylation sites is 1. The van der Waals surface area contributed by atoms with Crippen LogP contribution in [0, 0.1) is 0 Å². The smallest absolute Gasteiger partial charge is 0.248 e. The zero-order chi connectivity index (χ0) is 20.3. The predicted octanol–water partition coefficient (Wildman–Crippen LogP) is 4.22. The molecule has 4 aromatic rings. The molecule has 1 aliphatic rings. The Morgan fingerprint density at radius 1 is 0.967 bits per heavy atom. The van der Waals surface area contributed by atoms with Gasteiger partial charge in [0, 0.05) is 41.5 Å². The summed E-state index contributed by atoms with van der Waals surface area (Å²) in [6, 6.07) is 20.4. The lowest BCUT2D eigenvalue weighted by molar-refractivity contribution is 0.203. The molecule has 1 aliphatic heterocycles. The topological polar surface area (TPSA) is 64.8 Å². The number of nitrogens with one attached hydrogen (secondary N) is 2. The van der Waals surface area contributed by atoms with Gasteiger partial charge in [-0.1, -0.05) is 48.5 Å². The van der Waals surface area contributed by atoms with E-state index in [0.717, 1.165) is 55.4 Å². The summed E-state index contributed by atoms with van der Waals surface area (Å²) >= 11 is 0. The van der Waals surface area contributed by atoms with Crippen LogP contribution in [0.4, 0.5) is 0 Å². The summed E-state index contributed by atoms with van der Waals surface area (Å²) in [7, 11) is 0. The number of H-pyrrole nitrogens is 2. The van der Waals surface area contributed by atoms with E-state index in [1.54, 1.807) is 6.07 Å². The highest BCUT2D eigenvalue weighted by atomic mass is 16.1.